The monoisotopic (exact) mass is 854 g/mol. The second kappa shape index (κ2) is 17.2. The van der Waals surface area contributed by atoms with Crippen LogP contribution >= 0.6 is 0 Å². The molecule has 60 heavy (non-hydrogen) atoms. The van der Waals surface area contributed by atoms with Gasteiger partial charge in [-0.1, -0.05) is 12.7 Å². The molecule has 1 aromatic carbocycles. The van der Waals surface area contributed by atoms with Crippen LogP contribution in [0.25, 0.3) is 11.8 Å². The van der Waals surface area contributed by atoms with E-state index in [1.54, 1.807) is 45.0 Å². The van der Waals surface area contributed by atoms with E-state index in [9.17, 15) is 37.2 Å². The predicted octanol–water partition coefficient (Wildman–Crippen LogP) is 1.84. The molecule has 2 aliphatic carbocycles. The molecule has 5 aliphatic rings. The van der Waals surface area contributed by atoms with Crippen molar-refractivity contribution in [2.45, 2.75) is 119 Å². The summed E-state index contributed by atoms with van der Waals surface area (Å²) in [5.41, 5.74) is 4.26. The number of alkyl carbamates (subject to hydrolysis) is 1. The molecule has 18 nitrogen and oxygen atoms in total. The average Bonchev–Trinajstić information content (AvgIpc) is 4.10. The lowest BCUT2D eigenvalue weighted by Crippen LogP contribution is -2.58. The van der Waals surface area contributed by atoms with Gasteiger partial charge in [-0.3, -0.25) is 23.9 Å². The molecule has 0 radical (unpaired) electrons. The van der Waals surface area contributed by atoms with E-state index in [1.807, 2.05) is 0 Å². The van der Waals surface area contributed by atoms with E-state index in [4.69, 9.17) is 24.7 Å². The third-order valence-electron chi connectivity index (χ3n) is 11.3. The van der Waals surface area contributed by atoms with Gasteiger partial charge in [0.1, 0.15) is 53.0 Å². The number of sulfonamides is 1. The minimum absolute atomic E-state index is 0.0668. The Morgan fingerprint density at radius 2 is 1.85 bits per heavy atom. The summed E-state index contributed by atoms with van der Waals surface area (Å²) in [7, 11) is -2.46. The number of likely N-dealkylation sites (tertiary alicyclic amines) is 2. The van der Waals surface area contributed by atoms with Crippen LogP contribution in [0.15, 0.2) is 43.6 Å². The number of fused-ring (bicyclic) bond motifs is 2. The maximum Gasteiger partial charge on any atom is 0.408 e. The first-order chi connectivity index (χ1) is 28.3. The Labute approximate surface area is 349 Å². The van der Waals surface area contributed by atoms with E-state index >= 15 is 0 Å². The topological polar surface area (TPSA) is 242 Å². The van der Waals surface area contributed by atoms with E-state index in [2.05, 4.69) is 28.5 Å². The molecule has 7 atom stereocenters. The number of amides is 5. The first-order valence-electron chi connectivity index (χ1n) is 20.0. The number of piperidine rings is 1. The number of carbonyl (C=O) groups excluding carboxylic acids is 6. The highest BCUT2D eigenvalue weighted by molar-refractivity contribution is 7.91. The number of nitrogens with two attached hydrogens (primary N) is 1. The molecule has 5 amide bonds. The smallest absolute Gasteiger partial charge is 0.408 e. The van der Waals surface area contributed by atoms with Gasteiger partial charge in [-0.15, -0.1) is 6.58 Å². The lowest BCUT2D eigenvalue weighted by Gasteiger charge is -2.32. The molecule has 3 aliphatic heterocycles. The van der Waals surface area contributed by atoms with Crippen molar-refractivity contribution in [3.63, 3.8) is 0 Å². The maximum absolute atomic E-state index is 14.7. The van der Waals surface area contributed by atoms with Gasteiger partial charge >= 0.3 is 12.1 Å². The van der Waals surface area contributed by atoms with Gasteiger partial charge in [0.25, 0.3) is 5.91 Å². The Morgan fingerprint density at radius 3 is 2.48 bits per heavy atom. The number of nitrogens with zero attached hydrogens (tertiary/aromatic N) is 2. The van der Waals surface area contributed by atoms with Crippen LogP contribution in [-0.2, 0) is 48.2 Å². The van der Waals surface area contributed by atoms with Gasteiger partial charge in [0.15, 0.2) is 0 Å². The van der Waals surface area contributed by atoms with Gasteiger partial charge in [0.05, 0.1) is 18.9 Å². The van der Waals surface area contributed by atoms with Crippen molar-refractivity contribution in [2.75, 3.05) is 20.2 Å². The van der Waals surface area contributed by atoms with Gasteiger partial charge < -0.3 is 45.1 Å². The zero-order chi connectivity index (χ0) is 43.7. The van der Waals surface area contributed by atoms with Crippen LogP contribution in [0.2, 0.25) is 0 Å². The Hall–Kier alpha value is -5.59. The number of carbonyl (C=O) groups is 6. The van der Waals surface area contributed by atoms with Crippen molar-refractivity contribution in [3.05, 3.63) is 54.8 Å². The van der Waals surface area contributed by atoms with Crippen molar-refractivity contribution in [1.82, 2.24) is 25.2 Å². The van der Waals surface area contributed by atoms with Crippen LogP contribution in [0.3, 0.4) is 0 Å². The van der Waals surface area contributed by atoms with Crippen LogP contribution in [-0.4, -0.2) is 121 Å². The number of nitrogens with one attached hydrogen (secondary N) is 3. The molecular weight excluding hydrogens is 801 g/mol. The van der Waals surface area contributed by atoms with Crippen molar-refractivity contribution in [3.8, 4) is 5.75 Å². The van der Waals surface area contributed by atoms with Gasteiger partial charge in [-0.05, 0) is 82.5 Å². The van der Waals surface area contributed by atoms with Crippen molar-refractivity contribution >= 4 is 57.5 Å². The normalized spacial score (nSPS) is 26.4. The number of rotatable bonds is 16. The first kappa shape index (κ1) is 44.0. The summed E-state index contributed by atoms with van der Waals surface area (Å²) in [5, 5.41) is 4.61. The molecule has 19 heteroatoms. The molecule has 5 N–H and O–H groups in total. The molecule has 3 heterocycles. The third-order valence-corrected chi connectivity index (χ3v) is 13.1. The Bertz CT molecular complexity index is 2080. The number of methoxy groups -OCH3 is 1. The fraction of sp³-hybridized carbons (Fsp3) is 0.561. The van der Waals surface area contributed by atoms with Crippen LogP contribution in [0, 0.1) is 5.92 Å². The van der Waals surface area contributed by atoms with E-state index in [-0.39, 0.29) is 50.6 Å². The quantitative estimate of drug-likeness (QED) is 0.106. The number of esters is 1. The highest BCUT2D eigenvalue weighted by atomic mass is 32.2. The van der Waals surface area contributed by atoms with Crippen LogP contribution < -0.4 is 25.8 Å². The number of hydrogen-bond donors (Lipinski definition) is 4. The highest BCUT2D eigenvalue weighted by Crippen LogP contribution is 2.45. The van der Waals surface area contributed by atoms with Crippen molar-refractivity contribution in [2.24, 2.45) is 11.7 Å². The summed E-state index contributed by atoms with van der Waals surface area (Å²) in [6.07, 6.45) is 3.50. The molecule has 1 aromatic rings. The van der Waals surface area contributed by atoms with Gasteiger partial charge in [-0.25, -0.2) is 18.0 Å². The van der Waals surface area contributed by atoms with Gasteiger partial charge in [0.2, 0.25) is 27.7 Å². The summed E-state index contributed by atoms with van der Waals surface area (Å²) in [6.45, 7) is 12.9. The molecule has 0 spiro atoms. The highest BCUT2D eigenvalue weighted by Gasteiger charge is 2.62. The molecular formula is C41H54N6O12S. The van der Waals surface area contributed by atoms with Crippen molar-refractivity contribution < 1.29 is 56.1 Å². The molecule has 326 valence electrons. The zero-order valence-corrected chi connectivity index (χ0v) is 35.1. The van der Waals surface area contributed by atoms with Crippen LogP contribution in [0.1, 0.15) is 83.3 Å². The van der Waals surface area contributed by atoms with Gasteiger partial charge in [0, 0.05) is 43.7 Å². The Morgan fingerprint density at radius 1 is 1.12 bits per heavy atom. The number of ether oxygens (including phenoxy) is 4. The largest absolute Gasteiger partial charge is 0.497 e. The maximum atomic E-state index is 14.7. The standard InChI is InChI=1S/C41H54N6O12S/c1-7-25-21-41(25,38(52)45-60(54,55)29-9-10-29)44-35(49)32-20-28(57-23(2)30-11-8-26(56-6)18-24(30)14-16-42)22-47(32)36(50)31(43-39(53)59-40(3,4)5)12-13-34(48)46-17-15-27-19-33(46)37(51)58-27/h7-8,11,14,16,18,25,27-29,31-33H,1-2,9-10,12-13,15,17,19-22,42H2,3-6H3,(H,43,53)(H,44,49)(H,45,52)/b16-14-/t25-,27+,28-,31+,32+,33-,41-/m1/s1. The summed E-state index contributed by atoms with van der Waals surface area (Å²) in [6, 6.07) is 1.68. The Kier molecular flexibility index (Phi) is 12.6. The molecule has 2 bridgehead atoms. The van der Waals surface area contributed by atoms with Crippen LogP contribution in [0.5, 0.6) is 5.75 Å². The minimum Gasteiger partial charge on any atom is -0.497 e. The fourth-order valence-electron chi connectivity index (χ4n) is 7.95. The minimum atomic E-state index is -3.97. The summed E-state index contributed by atoms with van der Waals surface area (Å²) >= 11 is 0. The molecule has 0 unspecified atom stereocenters. The van der Waals surface area contributed by atoms with Crippen LogP contribution in [0.4, 0.5) is 4.79 Å². The van der Waals surface area contributed by atoms with E-state index in [1.165, 1.54) is 29.2 Å². The predicted molar refractivity (Wildman–Crippen MR) is 217 cm³/mol. The molecule has 2 saturated carbocycles. The lowest BCUT2D eigenvalue weighted by molar-refractivity contribution is -0.147. The zero-order valence-electron chi connectivity index (χ0n) is 34.3. The summed E-state index contributed by atoms with van der Waals surface area (Å²) < 4.78 is 50.1. The molecule has 0 aromatic heterocycles. The van der Waals surface area contributed by atoms with E-state index in [0.29, 0.717) is 42.6 Å². The average molecular weight is 855 g/mol. The first-order valence-corrected chi connectivity index (χ1v) is 21.6. The second-order valence-corrected chi connectivity index (χ2v) is 18.8. The second-order valence-electron chi connectivity index (χ2n) is 16.8. The molecule has 6 rings (SSSR count). The SMILES string of the molecule is C=C[C@@H]1C[C@]1(NC(=O)[C@@H]1C[C@@H](OC(=C)c2ccc(OC)cc2/C=C\N)CN1C(=O)[C@H](CCC(=O)N1CC[C@H]2C[C@@H]1C(=O)O2)NC(=O)OC(C)(C)C)C(=O)NS(=O)(=O)C1CC1. The molecule has 3 saturated heterocycles. The summed E-state index contributed by atoms with van der Waals surface area (Å²) in [5.74, 6) is -3.24. The van der Waals surface area contributed by atoms with Gasteiger partial charge in [-0.2, -0.15) is 0 Å². The summed E-state index contributed by atoms with van der Waals surface area (Å²) in [4.78, 5) is 84.6. The lowest BCUT2D eigenvalue weighted by atomic mass is 10.0. The van der Waals surface area contributed by atoms with E-state index < -0.39 is 92.3 Å². The Balaban J connectivity index is 1.27. The number of benzene rings is 1. The molecule has 5 fully saturated rings. The van der Waals surface area contributed by atoms with E-state index in [0.717, 1.165) is 0 Å². The third kappa shape index (κ3) is 9.71. The fourth-order valence-corrected chi connectivity index (χ4v) is 9.31. The van der Waals surface area contributed by atoms with Crippen molar-refractivity contribution in [1.29, 1.82) is 0 Å². The number of hydrogen-bond acceptors (Lipinski definition) is 13.